The SMILES string of the molecule is Cc1c(C(=O)N/N=C/c2ccccc2O)[nH]c2c(C)cccc12. The van der Waals surface area contributed by atoms with Crippen LogP contribution >= 0.6 is 0 Å². The molecule has 0 saturated carbocycles. The molecule has 1 aromatic heterocycles. The van der Waals surface area contributed by atoms with Crippen molar-refractivity contribution in [3.63, 3.8) is 0 Å². The lowest BCUT2D eigenvalue weighted by molar-refractivity contribution is 0.0950. The molecule has 0 unspecified atom stereocenters. The van der Waals surface area contributed by atoms with E-state index >= 15 is 0 Å². The summed E-state index contributed by atoms with van der Waals surface area (Å²) in [6.45, 7) is 3.90. The number of aryl methyl sites for hydroxylation is 2. The summed E-state index contributed by atoms with van der Waals surface area (Å²) < 4.78 is 0. The average Bonchev–Trinajstić information content (AvgIpc) is 2.88. The lowest BCUT2D eigenvalue weighted by atomic mass is 10.1. The number of nitrogens with one attached hydrogen (secondary N) is 2. The molecule has 0 aliphatic heterocycles. The molecule has 0 radical (unpaired) electrons. The maximum Gasteiger partial charge on any atom is 0.288 e. The second-order valence-electron chi connectivity index (χ2n) is 5.38. The summed E-state index contributed by atoms with van der Waals surface area (Å²) in [6.07, 6.45) is 1.41. The number of para-hydroxylation sites is 2. The number of carbonyl (C=O) groups is 1. The number of nitrogens with zero attached hydrogens (tertiary/aromatic N) is 1. The number of amides is 1. The molecule has 0 spiro atoms. The van der Waals surface area contributed by atoms with Crippen LogP contribution in [0.15, 0.2) is 47.6 Å². The van der Waals surface area contributed by atoms with Crippen molar-refractivity contribution in [3.8, 4) is 5.75 Å². The molecule has 2 aromatic carbocycles. The molecule has 5 nitrogen and oxygen atoms in total. The second kappa shape index (κ2) is 5.96. The van der Waals surface area contributed by atoms with Crippen molar-refractivity contribution in [2.75, 3.05) is 0 Å². The van der Waals surface area contributed by atoms with Crippen molar-refractivity contribution in [2.45, 2.75) is 13.8 Å². The van der Waals surface area contributed by atoms with E-state index in [2.05, 4.69) is 15.5 Å². The van der Waals surface area contributed by atoms with E-state index in [1.54, 1.807) is 24.3 Å². The molecule has 1 heterocycles. The number of carbonyl (C=O) groups excluding carboxylic acids is 1. The summed E-state index contributed by atoms with van der Waals surface area (Å²) in [7, 11) is 0. The van der Waals surface area contributed by atoms with E-state index in [9.17, 15) is 9.90 Å². The Morgan fingerprint density at radius 1 is 1.17 bits per heavy atom. The van der Waals surface area contributed by atoms with Gasteiger partial charge >= 0.3 is 0 Å². The van der Waals surface area contributed by atoms with E-state index < -0.39 is 0 Å². The summed E-state index contributed by atoms with van der Waals surface area (Å²) in [5.74, 6) is -0.201. The van der Waals surface area contributed by atoms with Gasteiger partial charge in [-0.2, -0.15) is 5.10 Å². The molecule has 0 aliphatic carbocycles. The van der Waals surface area contributed by atoms with Gasteiger partial charge in [-0.05, 0) is 37.1 Å². The van der Waals surface area contributed by atoms with Crippen LogP contribution < -0.4 is 5.43 Å². The largest absolute Gasteiger partial charge is 0.507 e. The third-order valence-electron chi connectivity index (χ3n) is 3.84. The number of aromatic amines is 1. The molecule has 116 valence electrons. The molecular formula is C18H17N3O2. The van der Waals surface area contributed by atoms with Crippen LogP contribution in [0, 0.1) is 13.8 Å². The molecule has 0 aliphatic rings. The van der Waals surface area contributed by atoms with Crippen LogP contribution in [-0.4, -0.2) is 22.2 Å². The predicted molar refractivity (Wildman–Crippen MR) is 90.9 cm³/mol. The fourth-order valence-electron chi connectivity index (χ4n) is 2.54. The molecule has 3 N–H and O–H groups in total. The molecule has 0 saturated heterocycles. The van der Waals surface area contributed by atoms with Crippen molar-refractivity contribution < 1.29 is 9.90 Å². The second-order valence-corrected chi connectivity index (χ2v) is 5.38. The Balaban J connectivity index is 1.83. The maximum atomic E-state index is 12.3. The van der Waals surface area contributed by atoms with Gasteiger partial charge in [-0.1, -0.05) is 30.3 Å². The van der Waals surface area contributed by atoms with E-state index in [1.165, 1.54) is 6.21 Å². The van der Waals surface area contributed by atoms with Gasteiger partial charge in [0.25, 0.3) is 5.91 Å². The van der Waals surface area contributed by atoms with Gasteiger partial charge in [0.15, 0.2) is 0 Å². The van der Waals surface area contributed by atoms with Crippen molar-refractivity contribution >= 4 is 23.0 Å². The van der Waals surface area contributed by atoms with Crippen LogP contribution in [0.4, 0.5) is 0 Å². The van der Waals surface area contributed by atoms with Gasteiger partial charge in [0.05, 0.1) is 6.21 Å². The topological polar surface area (TPSA) is 77.5 Å². The summed E-state index contributed by atoms with van der Waals surface area (Å²) in [5.41, 5.74) is 6.44. The zero-order valence-electron chi connectivity index (χ0n) is 12.9. The Bertz CT molecular complexity index is 910. The summed E-state index contributed by atoms with van der Waals surface area (Å²) in [6, 6.07) is 12.7. The number of rotatable bonds is 3. The molecule has 23 heavy (non-hydrogen) atoms. The molecule has 0 fully saturated rings. The molecule has 3 rings (SSSR count). The van der Waals surface area contributed by atoms with Crippen LogP contribution in [0.1, 0.15) is 27.2 Å². The van der Waals surface area contributed by atoms with Gasteiger partial charge in [-0.25, -0.2) is 5.43 Å². The summed E-state index contributed by atoms with van der Waals surface area (Å²) in [4.78, 5) is 15.5. The Morgan fingerprint density at radius 2 is 1.96 bits per heavy atom. The highest BCUT2D eigenvalue weighted by atomic mass is 16.3. The van der Waals surface area contributed by atoms with E-state index in [4.69, 9.17) is 0 Å². The van der Waals surface area contributed by atoms with Crippen molar-refractivity contribution in [1.82, 2.24) is 10.4 Å². The zero-order chi connectivity index (χ0) is 16.4. The number of benzene rings is 2. The van der Waals surface area contributed by atoms with Gasteiger partial charge < -0.3 is 10.1 Å². The van der Waals surface area contributed by atoms with Crippen molar-refractivity contribution in [2.24, 2.45) is 5.10 Å². The van der Waals surface area contributed by atoms with Gasteiger partial charge in [0.2, 0.25) is 0 Å². The average molecular weight is 307 g/mol. The fraction of sp³-hybridized carbons (Fsp3) is 0.111. The minimum atomic E-state index is -0.315. The van der Waals surface area contributed by atoms with Crippen LogP contribution in [0.2, 0.25) is 0 Å². The minimum Gasteiger partial charge on any atom is -0.507 e. The number of fused-ring (bicyclic) bond motifs is 1. The van der Waals surface area contributed by atoms with E-state index in [-0.39, 0.29) is 11.7 Å². The number of aromatic nitrogens is 1. The maximum absolute atomic E-state index is 12.3. The van der Waals surface area contributed by atoms with Crippen molar-refractivity contribution in [1.29, 1.82) is 0 Å². The standard InChI is InChI=1S/C18H17N3O2/c1-11-6-5-8-14-12(2)17(20-16(11)14)18(23)21-19-10-13-7-3-4-9-15(13)22/h3-10,20,22H,1-2H3,(H,21,23)/b19-10+. The number of hydrazone groups is 1. The quantitative estimate of drug-likeness (QED) is 0.513. The number of phenols is 1. The smallest absolute Gasteiger partial charge is 0.288 e. The number of aromatic hydroxyl groups is 1. The Hall–Kier alpha value is -3.08. The predicted octanol–water partition coefficient (Wildman–Crippen LogP) is 3.25. The Labute approximate surface area is 133 Å². The first-order valence-electron chi connectivity index (χ1n) is 7.27. The van der Waals surface area contributed by atoms with Crippen LogP contribution in [0.25, 0.3) is 10.9 Å². The molecule has 0 bridgehead atoms. The number of phenolic OH excluding ortho intramolecular Hbond substituents is 1. The zero-order valence-corrected chi connectivity index (χ0v) is 12.9. The van der Waals surface area contributed by atoms with Gasteiger partial charge in [-0.15, -0.1) is 0 Å². The lowest BCUT2D eigenvalue weighted by Gasteiger charge is -2.00. The highest BCUT2D eigenvalue weighted by Crippen LogP contribution is 2.24. The van der Waals surface area contributed by atoms with Crippen LogP contribution in [0.5, 0.6) is 5.75 Å². The Morgan fingerprint density at radius 3 is 2.70 bits per heavy atom. The summed E-state index contributed by atoms with van der Waals surface area (Å²) >= 11 is 0. The van der Waals surface area contributed by atoms with Gasteiger partial charge in [0, 0.05) is 16.5 Å². The van der Waals surface area contributed by atoms with Crippen LogP contribution in [0.3, 0.4) is 0 Å². The van der Waals surface area contributed by atoms with Gasteiger partial charge in [-0.3, -0.25) is 4.79 Å². The third-order valence-corrected chi connectivity index (χ3v) is 3.84. The normalized spacial score (nSPS) is 11.2. The summed E-state index contributed by atoms with van der Waals surface area (Å²) in [5, 5.41) is 14.6. The first kappa shape index (κ1) is 14.8. The van der Waals surface area contributed by atoms with E-state index in [0.717, 1.165) is 22.0 Å². The van der Waals surface area contributed by atoms with E-state index in [1.807, 2.05) is 32.0 Å². The first-order chi connectivity index (χ1) is 11.1. The highest BCUT2D eigenvalue weighted by molar-refractivity contribution is 6.01. The third kappa shape index (κ3) is 2.81. The van der Waals surface area contributed by atoms with E-state index in [0.29, 0.717) is 11.3 Å². The van der Waals surface area contributed by atoms with Crippen LogP contribution in [-0.2, 0) is 0 Å². The first-order valence-corrected chi connectivity index (χ1v) is 7.27. The Kier molecular flexibility index (Phi) is 3.85. The lowest BCUT2D eigenvalue weighted by Crippen LogP contribution is -2.19. The number of H-pyrrole nitrogens is 1. The molecule has 3 aromatic rings. The molecule has 0 atom stereocenters. The minimum absolute atomic E-state index is 0.114. The number of hydrogen-bond acceptors (Lipinski definition) is 3. The molecule has 1 amide bonds. The monoisotopic (exact) mass is 307 g/mol. The fourth-order valence-corrected chi connectivity index (χ4v) is 2.54. The van der Waals surface area contributed by atoms with Crippen molar-refractivity contribution in [3.05, 3.63) is 64.8 Å². The highest BCUT2D eigenvalue weighted by Gasteiger charge is 2.14. The van der Waals surface area contributed by atoms with Gasteiger partial charge in [0.1, 0.15) is 11.4 Å². The molecular weight excluding hydrogens is 290 g/mol. The number of hydrogen-bond donors (Lipinski definition) is 3. The molecule has 5 heteroatoms.